The number of methoxy groups -OCH3 is 1. The van der Waals surface area contributed by atoms with Crippen LogP contribution < -0.4 is 4.90 Å². The van der Waals surface area contributed by atoms with Gasteiger partial charge in [-0.15, -0.1) is 0 Å². The van der Waals surface area contributed by atoms with Gasteiger partial charge in [-0.1, -0.05) is 36.4 Å². The smallest absolute Gasteiger partial charge is 0.340 e. The number of hydrogen-bond acceptors (Lipinski definition) is 13. The number of nitrogens with zero attached hydrogens (tertiary/aromatic N) is 4. The third kappa shape index (κ3) is 7.69. The van der Waals surface area contributed by atoms with E-state index in [4.69, 9.17) is 14.5 Å². The summed E-state index contributed by atoms with van der Waals surface area (Å²) >= 11 is 0. The van der Waals surface area contributed by atoms with Gasteiger partial charge in [-0.25, -0.2) is 14.6 Å². The van der Waals surface area contributed by atoms with Gasteiger partial charge in [0, 0.05) is 55.4 Å². The normalized spacial score (nSPS) is 23.0. The second kappa shape index (κ2) is 15.6. The van der Waals surface area contributed by atoms with E-state index >= 15 is 0 Å². The molecule has 5 atom stereocenters. The van der Waals surface area contributed by atoms with Gasteiger partial charge in [0.05, 0.1) is 36.2 Å². The Labute approximate surface area is 299 Å². The number of rotatable bonds is 9. The van der Waals surface area contributed by atoms with Gasteiger partial charge in [-0.3, -0.25) is 9.69 Å². The van der Waals surface area contributed by atoms with Crippen molar-refractivity contribution in [1.29, 1.82) is 0 Å². The highest BCUT2D eigenvalue weighted by Crippen LogP contribution is 2.33. The van der Waals surface area contributed by atoms with Crippen LogP contribution in [0.4, 0.5) is 11.4 Å². The van der Waals surface area contributed by atoms with Crippen molar-refractivity contribution in [1.82, 2.24) is 14.8 Å². The Bertz CT molecular complexity index is 1940. The number of aromatic hydroxyl groups is 1. The monoisotopic (exact) mass is 715 g/mol. The molecule has 2 fully saturated rings. The van der Waals surface area contributed by atoms with Crippen LogP contribution in [0.3, 0.4) is 0 Å². The highest BCUT2D eigenvalue weighted by molar-refractivity contribution is 6.22. The first-order chi connectivity index (χ1) is 24.9. The lowest BCUT2D eigenvalue weighted by atomic mass is 9.99. The number of aromatic nitrogens is 1. The Kier molecular flexibility index (Phi) is 11.0. The lowest BCUT2D eigenvalue weighted by molar-refractivity contribution is -0.279. The number of aliphatic hydroxyl groups is 3. The summed E-state index contributed by atoms with van der Waals surface area (Å²) in [5.74, 6) is -2.22. The molecule has 0 aliphatic carbocycles. The predicted octanol–water partition coefficient (Wildman–Crippen LogP) is 1.39. The van der Waals surface area contributed by atoms with E-state index in [1.54, 1.807) is 30.1 Å². The molecule has 15 nitrogen and oxygen atoms in total. The van der Waals surface area contributed by atoms with Crippen molar-refractivity contribution in [3.8, 4) is 5.88 Å². The molecule has 2 saturated heterocycles. The fourth-order valence-corrected chi connectivity index (χ4v) is 6.17. The maximum absolute atomic E-state index is 13.2. The van der Waals surface area contributed by atoms with E-state index in [0.29, 0.717) is 45.7 Å². The molecule has 1 amide bonds. The van der Waals surface area contributed by atoms with E-state index in [0.717, 1.165) is 33.3 Å². The minimum absolute atomic E-state index is 0.00796. The predicted molar refractivity (Wildman–Crippen MR) is 190 cm³/mol. The van der Waals surface area contributed by atoms with Crippen LogP contribution in [0.25, 0.3) is 10.9 Å². The number of aromatic amines is 1. The number of anilines is 1. The number of aliphatic imine (C=N–C) groups is 1. The molecule has 2 aliphatic heterocycles. The molecule has 15 heteroatoms. The van der Waals surface area contributed by atoms with Crippen molar-refractivity contribution in [2.75, 3.05) is 58.8 Å². The van der Waals surface area contributed by atoms with Crippen molar-refractivity contribution >= 4 is 45.8 Å². The van der Waals surface area contributed by atoms with Crippen molar-refractivity contribution in [2.45, 2.75) is 30.7 Å². The van der Waals surface area contributed by atoms with Crippen LogP contribution in [0.15, 0.2) is 77.8 Å². The second-order valence-corrected chi connectivity index (χ2v) is 12.8. The highest BCUT2D eigenvalue weighted by Gasteiger charge is 2.49. The van der Waals surface area contributed by atoms with E-state index < -0.39 is 42.6 Å². The van der Waals surface area contributed by atoms with Crippen molar-refractivity contribution in [3.63, 3.8) is 0 Å². The first-order valence-electron chi connectivity index (χ1n) is 16.7. The molecule has 4 aromatic rings. The fraction of sp³-hybridized carbons (Fsp3) is 0.351. The van der Waals surface area contributed by atoms with Crippen LogP contribution in [-0.4, -0.2) is 143 Å². The molecule has 5 N–H and O–H groups in total. The zero-order valence-electron chi connectivity index (χ0n) is 28.9. The molecule has 1 aromatic heterocycles. The molecule has 3 aromatic carbocycles. The maximum atomic E-state index is 13.2. The van der Waals surface area contributed by atoms with Gasteiger partial charge in [0.2, 0.25) is 12.2 Å². The lowest BCUT2D eigenvalue weighted by Crippen LogP contribution is -2.60. The van der Waals surface area contributed by atoms with Gasteiger partial charge >= 0.3 is 11.9 Å². The SMILES string of the molecule is COC(=O)[C@H]1O[C@@H](OC(=O)c2ccc3c(C(=Nc4ccc(N(C)C(=O)CN5CCN(C)CC5)cc4)c4ccccc4)c(O)[nH]c3c2)[C@H](O)[C@@H](O)[C@@H]1O. The number of carbonyl (C=O) groups is 3. The van der Waals surface area contributed by atoms with Crippen LogP contribution in [0.2, 0.25) is 0 Å². The average Bonchev–Trinajstić information content (AvgIpc) is 3.49. The van der Waals surface area contributed by atoms with E-state index in [1.165, 1.54) is 12.1 Å². The molecule has 2 aliphatic rings. The quantitative estimate of drug-likeness (QED) is 0.124. The molecular weight excluding hydrogens is 674 g/mol. The average molecular weight is 716 g/mol. The van der Waals surface area contributed by atoms with Gasteiger partial charge in [0.25, 0.3) is 0 Å². The fourth-order valence-electron chi connectivity index (χ4n) is 6.17. The summed E-state index contributed by atoms with van der Waals surface area (Å²) in [6.07, 6.45) is -9.02. The third-order valence-corrected chi connectivity index (χ3v) is 9.33. The van der Waals surface area contributed by atoms with E-state index in [-0.39, 0.29) is 17.4 Å². The molecule has 0 bridgehead atoms. The largest absolute Gasteiger partial charge is 0.494 e. The number of nitrogens with one attached hydrogen (secondary N) is 1. The Morgan fingerprint density at radius 1 is 0.923 bits per heavy atom. The molecule has 52 heavy (non-hydrogen) atoms. The summed E-state index contributed by atoms with van der Waals surface area (Å²) < 4.78 is 15.1. The minimum atomic E-state index is -1.86. The molecule has 0 spiro atoms. The zero-order valence-corrected chi connectivity index (χ0v) is 28.9. The topological polar surface area (TPSA) is 198 Å². The molecule has 0 saturated carbocycles. The molecule has 0 radical (unpaired) electrons. The Hall–Kier alpha value is -5.16. The Morgan fingerprint density at radius 3 is 2.29 bits per heavy atom. The number of piperazine rings is 1. The maximum Gasteiger partial charge on any atom is 0.340 e. The van der Waals surface area contributed by atoms with Gasteiger partial charge < -0.3 is 49.4 Å². The molecular formula is C37H41N5O10. The van der Waals surface area contributed by atoms with Gasteiger partial charge in [0.15, 0.2) is 12.0 Å². The number of benzene rings is 3. The molecule has 6 rings (SSSR count). The van der Waals surface area contributed by atoms with Gasteiger partial charge in [-0.05, 0) is 43.4 Å². The summed E-state index contributed by atoms with van der Waals surface area (Å²) in [4.78, 5) is 52.0. The number of amides is 1. The molecule has 274 valence electrons. The number of carbonyl (C=O) groups excluding carboxylic acids is 3. The summed E-state index contributed by atoms with van der Waals surface area (Å²) in [7, 11) is 4.87. The van der Waals surface area contributed by atoms with Crippen LogP contribution in [0.1, 0.15) is 21.5 Å². The highest BCUT2D eigenvalue weighted by atomic mass is 16.7. The minimum Gasteiger partial charge on any atom is -0.494 e. The summed E-state index contributed by atoms with van der Waals surface area (Å²) in [6, 6.07) is 20.9. The zero-order chi connectivity index (χ0) is 37.1. The van der Waals surface area contributed by atoms with E-state index in [9.17, 15) is 34.8 Å². The first kappa shape index (κ1) is 36.6. The van der Waals surface area contributed by atoms with Crippen LogP contribution in [-0.2, 0) is 23.8 Å². The Morgan fingerprint density at radius 2 is 1.62 bits per heavy atom. The van der Waals surface area contributed by atoms with Gasteiger partial charge in [0.1, 0.15) is 18.3 Å². The lowest BCUT2D eigenvalue weighted by Gasteiger charge is -2.38. The number of H-pyrrole nitrogens is 1. The number of fused-ring (bicyclic) bond motifs is 1. The van der Waals surface area contributed by atoms with Crippen LogP contribution in [0, 0.1) is 0 Å². The Balaban J connectivity index is 1.24. The summed E-state index contributed by atoms with van der Waals surface area (Å²) in [6.45, 7) is 3.86. The summed E-state index contributed by atoms with van der Waals surface area (Å²) in [5.41, 5.74) is 3.14. The van der Waals surface area contributed by atoms with Crippen molar-refractivity contribution in [2.24, 2.45) is 4.99 Å². The standard InChI is InChI=1S/C37H41N5O10/c1-40-15-17-42(18-16-40)20-27(43)41(2)24-12-10-23(11-13-24)38-29(21-7-5-4-6-8-21)28-25-14-9-22(19-26(25)39-34(28)47)35(48)52-37-32(46)30(44)31(45)33(51-37)36(49)50-3/h4-14,19,30-33,37,39,44-47H,15-18,20H2,1-3H3/t30-,31-,32+,33-,37-/m0/s1. The van der Waals surface area contributed by atoms with E-state index in [1.807, 2.05) is 42.5 Å². The van der Waals surface area contributed by atoms with Gasteiger partial charge in [-0.2, -0.15) is 0 Å². The molecule has 3 heterocycles. The summed E-state index contributed by atoms with van der Waals surface area (Å²) in [5, 5.41) is 42.5. The number of aliphatic hydroxyl groups excluding tert-OH is 3. The van der Waals surface area contributed by atoms with Crippen LogP contribution in [0.5, 0.6) is 5.88 Å². The number of esters is 2. The van der Waals surface area contributed by atoms with Crippen LogP contribution >= 0.6 is 0 Å². The number of hydrogen-bond donors (Lipinski definition) is 5. The van der Waals surface area contributed by atoms with Crippen molar-refractivity contribution in [3.05, 3.63) is 89.5 Å². The van der Waals surface area contributed by atoms with Crippen molar-refractivity contribution < 1.29 is 49.0 Å². The molecule has 0 unspecified atom stereocenters. The second-order valence-electron chi connectivity index (χ2n) is 12.8. The first-order valence-corrected chi connectivity index (χ1v) is 16.7. The number of likely N-dealkylation sites (N-methyl/N-ethyl adjacent to an activating group) is 2. The third-order valence-electron chi connectivity index (χ3n) is 9.33. The van der Waals surface area contributed by atoms with E-state index in [2.05, 4.69) is 26.6 Å². The number of ether oxygens (including phenoxy) is 3.